The van der Waals surface area contributed by atoms with Gasteiger partial charge in [-0.15, -0.1) is 0 Å². The largest absolute Gasteiger partial charge is 0.414 e. The van der Waals surface area contributed by atoms with Crippen LogP contribution in [0.4, 0.5) is 0 Å². The van der Waals surface area contributed by atoms with Crippen molar-refractivity contribution in [1.29, 1.82) is 0 Å². The van der Waals surface area contributed by atoms with Gasteiger partial charge in [-0.3, -0.25) is 0 Å². The van der Waals surface area contributed by atoms with Crippen LogP contribution in [0.25, 0.3) is 0 Å². The Bertz CT molecular complexity index is 753. The molecule has 0 aromatic rings. The van der Waals surface area contributed by atoms with Crippen molar-refractivity contribution < 1.29 is 9.22 Å². The topological polar surface area (TPSA) is 26.3 Å². The summed E-state index contributed by atoms with van der Waals surface area (Å²) in [6.07, 6.45) is 15.7. The van der Waals surface area contributed by atoms with Crippen molar-refractivity contribution in [2.45, 2.75) is 110 Å². The monoisotopic (exact) mass is 442 g/mol. The number of carbonyl (C=O) groups is 1. The lowest BCUT2D eigenvalue weighted by Gasteiger charge is -2.43. The highest BCUT2D eigenvalue weighted by molar-refractivity contribution is 6.74. The van der Waals surface area contributed by atoms with Gasteiger partial charge >= 0.3 is 0 Å². The van der Waals surface area contributed by atoms with Gasteiger partial charge in [-0.25, -0.2) is 0 Å². The van der Waals surface area contributed by atoms with Gasteiger partial charge in [0.1, 0.15) is 6.29 Å². The summed E-state index contributed by atoms with van der Waals surface area (Å²) < 4.78 is 6.75. The lowest BCUT2D eigenvalue weighted by Crippen LogP contribution is -2.44. The maximum absolute atomic E-state index is 11.5. The quantitative estimate of drug-likeness (QED) is 0.318. The summed E-state index contributed by atoms with van der Waals surface area (Å²) in [7, 11) is -1.75. The Balaban J connectivity index is 1.76. The molecular weight excluding hydrogens is 396 g/mol. The third-order valence-electron chi connectivity index (χ3n) is 9.32. The SMILES string of the molecule is C=C1CC[C@H](O[Si](C)(C)C(C)(C)C)C/C1=C\C=C1/CCC[C@]2(C)[C@@H]([C@H](C)C=O)CC[C@@H]12. The Kier molecular flexibility index (Phi) is 7.28. The highest BCUT2D eigenvalue weighted by Crippen LogP contribution is 2.59. The van der Waals surface area contributed by atoms with Crippen molar-refractivity contribution in [3.8, 4) is 0 Å². The van der Waals surface area contributed by atoms with Crippen LogP contribution in [0.1, 0.15) is 86.0 Å². The summed E-state index contributed by atoms with van der Waals surface area (Å²) in [5.41, 5.74) is 4.59. The minimum absolute atomic E-state index is 0.180. The minimum Gasteiger partial charge on any atom is -0.414 e. The molecule has 3 aliphatic rings. The van der Waals surface area contributed by atoms with Gasteiger partial charge in [-0.2, -0.15) is 0 Å². The van der Waals surface area contributed by atoms with E-state index < -0.39 is 8.32 Å². The normalized spacial score (nSPS) is 36.0. The van der Waals surface area contributed by atoms with Gasteiger partial charge in [0.25, 0.3) is 0 Å². The van der Waals surface area contributed by atoms with Crippen molar-refractivity contribution in [2.75, 3.05) is 0 Å². The van der Waals surface area contributed by atoms with Crippen LogP contribution in [0.15, 0.2) is 35.5 Å². The standard InChI is InChI=1S/C28H46O2Si/c1-20-11-14-24(30-31(7,8)27(3,4)5)18-23(20)13-12-22-10-9-17-28(6)25(21(2)19-29)15-16-26(22)28/h12-13,19,21,24-26H,1,9-11,14-18H2,2-8H3/b22-12+,23-13+/t21-,24+,25-,26+,28-/m1/s1. The lowest BCUT2D eigenvalue weighted by molar-refractivity contribution is -0.113. The van der Waals surface area contributed by atoms with E-state index in [-0.39, 0.29) is 11.0 Å². The number of rotatable bonds is 5. The number of allylic oxidation sites excluding steroid dienone is 4. The smallest absolute Gasteiger partial charge is 0.192 e. The third-order valence-corrected chi connectivity index (χ3v) is 13.9. The van der Waals surface area contributed by atoms with Crippen LogP contribution in [0.3, 0.4) is 0 Å². The second-order valence-electron chi connectivity index (χ2n) is 12.4. The Morgan fingerprint density at radius 3 is 2.52 bits per heavy atom. The molecule has 0 amide bonds. The minimum atomic E-state index is -1.75. The van der Waals surface area contributed by atoms with Gasteiger partial charge < -0.3 is 9.22 Å². The van der Waals surface area contributed by atoms with Crippen LogP contribution in [-0.4, -0.2) is 20.7 Å². The highest BCUT2D eigenvalue weighted by Gasteiger charge is 2.50. The van der Waals surface area contributed by atoms with E-state index in [4.69, 9.17) is 4.43 Å². The molecule has 0 aliphatic heterocycles. The summed E-state index contributed by atoms with van der Waals surface area (Å²) in [5, 5.41) is 0.248. The van der Waals surface area contributed by atoms with Crippen molar-refractivity contribution in [3.63, 3.8) is 0 Å². The Morgan fingerprint density at radius 2 is 1.87 bits per heavy atom. The van der Waals surface area contributed by atoms with Crippen molar-refractivity contribution in [3.05, 3.63) is 35.5 Å². The maximum atomic E-state index is 11.5. The molecule has 2 nitrogen and oxygen atoms in total. The predicted molar refractivity (Wildman–Crippen MR) is 135 cm³/mol. The van der Waals surface area contributed by atoms with Crippen LogP contribution in [0.2, 0.25) is 18.1 Å². The fourth-order valence-electron chi connectivity index (χ4n) is 6.31. The van der Waals surface area contributed by atoms with E-state index in [1.54, 1.807) is 5.57 Å². The molecule has 3 aliphatic carbocycles. The number of fused-ring (bicyclic) bond motifs is 1. The molecule has 0 bridgehead atoms. The van der Waals surface area contributed by atoms with Gasteiger partial charge in [-0.1, -0.05) is 64.5 Å². The van der Waals surface area contributed by atoms with Crippen molar-refractivity contribution in [1.82, 2.24) is 0 Å². The molecule has 0 radical (unpaired) electrons. The molecule has 0 aromatic carbocycles. The summed E-state index contributed by atoms with van der Waals surface area (Å²) in [6.45, 7) is 20.7. The number of carbonyl (C=O) groups excluding carboxylic acids is 1. The zero-order valence-corrected chi connectivity index (χ0v) is 22.2. The van der Waals surface area contributed by atoms with Crippen molar-refractivity contribution >= 4 is 14.6 Å². The Morgan fingerprint density at radius 1 is 1.16 bits per heavy atom. The average Bonchev–Trinajstić information content (AvgIpc) is 3.04. The molecule has 0 N–H and O–H groups in total. The fourth-order valence-corrected chi connectivity index (χ4v) is 7.70. The Hall–Kier alpha value is -0.933. The first-order chi connectivity index (χ1) is 14.4. The molecule has 174 valence electrons. The molecule has 5 atom stereocenters. The summed E-state index contributed by atoms with van der Waals surface area (Å²) >= 11 is 0. The molecule has 0 heterocycles. The van der Waals surface area contributed by atoms with Crippen LogP contribution in [0, 0.1) is 23.2 Å². The number of aldehydes is 1. The summed E-state index contributed by atoms with van der Waals surface area (Å²) in [5.74, 6) is 1.36. The molecule has 0 spiro atoms. The van der Waals surface area contributed by atoms with Crippen LogP contribution in [-0.2, 0) is 9.22 Å². The second-order valence-corrected chi connectivity index (χ2v) is 17.1. The maximum Gasteiger partial charge on any atom is 0.192 e. The number of hydrogen-bond acceptors (Lipinski definition) is 2. The highest BCUT2D eigenvalue weighted by atomic mass is 28.4. The molecule has 3 saturated carbocycles. The lowest BCUT2D eigenvalue weighted by atomic mass is 9.61. The Labute approximate surface area is 192 Å². The van der Waals surface area contributed by atoms with Gasteiger partial charge in [0.05, 0.1) is 0 Å². The van der Waals surface area contributed by atoms with Gasteiger partial charge in [0.15, 0.2) is 8.32 Å². The predicted octanol–water partition coefficient (Wildman–Crippen LogP) is 8.02. The van der Waals surface area contributed by atoms with Crippen molar-refractivity contribution in [2.24, 2.45) is 23.2 Å². The molecule has 3 fully saturated rings. The van der Waals surface area contributed by atoms with E-state index in [1.165, 1.54) is 49.5 Å². The first kappa shape index (κ1) is 24.7. The molecule has 3 heteroatoms. The van der Waals surface area contributed by atoms with E-state index >= 15 is 0 Å². The van der Waals surface area contributed by atoms with E-state index in [0.29, 0.717) is 23.4 Å². The summed E-state index contributed by atoms with van der Waals surface area (Å²) in [6, 6.07) is 0. The van der Waals surface area contributed by atoms with E-state index in [0.717, 1.165) is 19.3 Å². The molecule has 31 heavy (non-hydrogen) atoms. The molecule has 0 unspecified atom stereocenters. The van der Waals surface area contributed by atoms with Gasteiger partial charge in [0.2, 0.25) is 0 Å². The van der Waals surface area contributed by atoms with Gasteiger partial charge in [-0.05, 0) is 92.3 Å². The first-order valence-corrected chi connectivity index (χ1v) is 15.5. The molecule has 3 rings (SSSR count). The van der Waals surface area contributed by atoms with Crippen LogP contribution >= 0.6 is 0 Å². The van der Waals surface area contributed by atoms with E-state index in [9.17, 15) is 4.79 Å². The zero-order valence-electron chi connectivity index (χ0n) is 21.2. The van der Waals surface area contributed by atoms with Gasteiger partial charge in [0, 0.05) is 12.0 Å². The first-order valence-electron chi connectivity index (χ1n) is 12.6. The van der Waals surface area contributed by atoms with E-state index in [1.807, 2.05) is 0 Å². The average molecular weight is 443 g/mol. The number of hydrogen-bond donors (Lipinski definition) is 0. The fraction of sp³-hybridized carbons (Fsp3) is 0.750. The third kappa shape index (κ3) is 5.03. The van der Waals surface area contributed by atoms with Crippen LogP contribution < -0.4 is 0 Å². The van der Waals surface area contributed by atoms with E-state index in [2.05, 4.69) is 66.4 Å². The molecular formula is C28H46O2Si. The zero-order chi connectivity index (χ0) is 23.0. The molecule has 0 saturated heterocycles. The second kappa shape index (κ2) is 9.13. The summed E-state index contributed by atoms with van der Waals surface area (Å²) in [4.78, 5) is 11.5. The molecule has 0 aromatic heterocycles. The van der Waals surface area contributed by atoms with Crippen LogP contribution in [0.5, 0.6) is 0 Å².